The van der Waals surface area contributed by atoms with Crippen LogP contribution in [0.4, 0.5) is 0 Å². The Kier molecular flexibility index (Phi) is 4.55. The number of fused-ring (bicyclic) bond motifs is 8. The molecule has 186 valence electrons. The van der Waals surface area contributed by atoms with Crippen molar-refractivity contribution in [2.45, 2.75) is 0 Å². The van der Waals surface area contributed by atoms with E-state index in [1.54, 1.807) is 0 Å². The van der Waals surface area contributed by atoms with E-state index < -0.39 is 0 Å². The van der Waals surface area contributed by atoms with Crippen molar-refractivity contribution in [2.75, 3.05) is 0 Å². The lowest BCUT2D eigenvalue weighted by Gasteiger charge is -2.17. The van der Waals surface area contributed by atoms with Crippen LogP contribution in [0.3, 0.4) is 0 Å². The van der Waals surface area contributed by atoms with E-state index in [-0.39, 0.29) is 0 Å². The van der Waals surface area contributed by atoms with E-state index >= 15 is 0 Å². The summed E-state index contributed by atoms with van der Waals surface area (Å²) in [6.45, 7) is 0. The first kappa shape index (κ1) is 22.0. The lowest BCUT2D eigenvalue weighted by atomic mass is 9.86. The first-order valence-corrected chi connectivity index (χ1v) is 14.4. The number of benzene rings is 7. The van der Waals surface area contributed by atoms with E-state index in [4.69, 9.17) is 4.42 Å². The van der Waals surface area contributed by atoms with Gasteiger partial charge in [-0.1, -0.05) is 109 Å². The van der Waals surface area contributed by atoms with Gasteiger partial charge in [0.05, 0.1) is 0 Å². The molecule has 7 aromatic carbocycles. The van der Waals surface area contributed by atoms with Gasteiger partial charge < -0.3 is 4.42 Å². The first-order chi connectivity index (χ1) is 19.8. The molecule has 0 aliphatic carbocycles. The Labute approximate surface area is 234 Å². The van der Waals surface area contributed by atoms with Crippen LogP contribution in [0.5, 0.6) is 0 Å². The zero-order valence-corrected chi connectivity index (χ0v) is 22.3. The summed E-state index contributed by atoms with van der Waals surface area (Å²) in [5.74, 6) is 0.912. The molecule has 0 bridgehead atoms. The highest BCUT2D eigenvalue weighted by Crippen LogP contribution is 2.47. The Morgan fingerprint density at radius 3 is 1.77 bits per heavy atom. The van der Waals surface area contributed by atoms with Gasteiger partial charge in [0, 0.05) is 31.1 Å². The highest BCUT2D eigenvalue weighted by atomic mass is 32.1. The maximum absolute atomic E-state index is 6.87. The minimum Gasteiger partial charge on any atom is -0.455 e. The molecule has 0 N–H and O–H groups in total. The fraction of sp³-hybridized carbons (Fsp3) is 0. The van der Waals surface area contributed by atoms with E-state index in [0.29, 0.717) is 0 Å². The Morgan fingerprint density at radius 1 is 0.425 bits per heavy atom. The van der Waals surface area contributed by atoms with Gasteiger partial charge in [-0.25, -0.2) is 0 Å². The van der Waals surface area contributed by atoms with E-state index in [1.807, 2.05) is 11.3 Å². The van der Waals surface area contributed by atoms with Gasteiger partial charge in [-0.05, 0) is 67.7 Å². The van der Waals surface area contributed by atoms with Gasteiger partial charge in [0.15, 0.2) is 0 Å². The summed E-state index contributed by atoms with van der Waals surface area (Å²) in [5, 5.41) is 11.0. The summed E-state index contributed by atoms with van der Waals surface area (Å²) >= 11 is 1.83. The number of furan rings is 1. The Balaban J connectivity index is 1.42. The lowest BCUT2D eigenvalue weighted by Crippen LogP contribution is -1.90. The minimum atomic E-state index is 0.912. The molecule has 0 saturated heterocycles. The van der Waals surface area contributed by atoms with Gasteiger partial charge in [-0.15, -0.1) is 11.3 Å². The molecule has 0 amide bonds. The highest BCUT2D eigenvalue weighted by molar-refractivity contribution is 7.26. The van der Waals surface area contributed by atoms with E-state index in [2.05, 4.69) is 133 Å². The molecule has 0 unspecified atom stereocenters. The second-order valence-corrected chi connectivity index (χ2v) is 11.5. The van der Waals surface area contributed by atoms with Crippen molar-refractivity contribution >= 4 is 74.8 Å². The van der Waals surface area contributed by atoms with Crippen LogP contribution < -0.4 is 0 Å². The van der Waals surface area contributed by atoms with Crippen LogP contribution in [-0.4, -0.2) is 0 Å². The molecule has 2 heteroatoms. The van der Waals surface area contributed by atoms with Crippen molar-refractivity contribution in [1.29, 1.82) is 0 Å². The topological polar surface area (TPSA) is 13.1 Å². The third-order valence-corrected chi connectivity index (χ3v) is 9.40. The summed E-state index contributed by atoms with van der Waals surface area (Å²) in [6, 6.07) is 48.2. The van der Waals surface area contributed by atoms with Crippen LogP contribution >= 0.6 is 11.3 Å². The number of rotatable bonds is 2. The predicted molar refractivity (Wildman–Crippen MR) is 172 cm³/mol. The third kappa shape index (κ3) is 3.03. The molecule has 2 heterocycles. The standard InChI is InChI=1S/C38H22OS/c1-2-12-25-23(10-1)11-9-18-26(25)35-27-13-3-5-15-29(27)36(30-16-6-4-14-28(30)35)32-22-24-20-21-34-37(38(24)39-32)31-17-7-8-19-33(31)40-34/h1-22H. The third-order valence-electron chi connectivity index (χ3n) is 8.26. The molecule has 0 fully saturated rings. The molecule has 9 rings (SSSR count). The van der Waals surface area contributed by atoms with Crippen LogP contribution in [0.2, 0.25) is 0 Å². The van der Waals surface area contributed by atoms with Crippen molar-refractivity contribution < 1.29 is 4.42 Å². The number of hydrogen-bond acceptors (Lipinski definition) is 2. The summed E-state index contributed by atoms with van der Waals surface area (Å²) in [4.78, 5) is 0. The van der Waals surface area contributed by atoms with Crippen molar-refractivity contribution in [3.63, 3.8) is 0 Å². The fourth-order valence-corrected chi connectivity index (χ4v) is 7.66. The fourth-order valence-electron chi connectivity index (χ4n) is 6.56. The summed E-state index contributed by atoms with van der Waals surface area (Å²) in [6.07, 6.45) is 0. The largest absolute Gasteiger partial charge is 0.455 e. The first-order valence-electron chi connectivity index (χ1n) is 13.6. The SMILES string of the molecule is c1ccc2c(-c3c4ccccc4c(-c4cc5ccc6sc7ccccc7c6c5o4)c4ccccc34)cccc2c1. The van der Waals surface area contributed by atoms with Crippen molar-refractivity contribution in [3.05, 3.63) is 133 Å². The van der Waals surface area contributed by atoms with Crippen molar-refractivity contribution in [1.82, 2.24) is 0 Å². The predicted octanol–water partition coefficient (Wildman–Crippen LogP) is 11.6. The van der Waals surface area contributed by atoms with Crippen LogP contribution in [-0.2, 0) is 0 Å². The van der Waals surface area contributed by atoms with Crippen LogP contribution in [0.25, 0.3) is 85.9 Å². The second kappa shape index (κ2) is 8.29. The molecule has 1 nitrogen and oxygen atoms in total. The average Bonchev–Trinajstić information content (AvgIpc) is 3.61. The number of hydrogen-bond donors (Lipinski definition) is 0. The molecule has 0 aliphatic rings. The Morgan fingerprint density at radius 2 is 1.02 bits per heavy atom. The molecule has 40 heavy (non-hydrogen) atoms. The molecular weight excluding hydrogens is 504 g/mol. The highest BCUT2D eigenvalue weighted by Gasteiger charge is 2.21. The quantitative estimate of drug-likeness (QED) is 0.204. The molecule has 0 atom stereocenters. The van der Waals surface area contributed by atoms with Crippen molar-refractivity contribution in [3.8, 4) is 22.5 Å². The molecule has 0 spiro atoms. The summed E-state index contributed by atoms with van der Waals surface area (Å²) < 4.78 is 9.42. The van der Waals surface area contributed by atoms with Crippen LogP contribution in [0.1, 0.15) is 0 Å². The molecule has 0 radical (unpaired) electrons. The van der Waals surface area contributed by atoms with Gasteiger partial charge in [0.2, 0.25) is 0 Å². The molecule has 0 saturated carbocycles. The van der Waals surface area contributed by atoms with Crippen molar-refractivity contribution in [2.24, 2.45) is 0 Å². The summed E-state index contributed by atoms with van der Waals surface area (Å²) in [7, 11) is 0. The zero-order chi connectivity index (χ0) is 26.2. The van der Waals surface area contributed by atoms with Gasteiger partial charge in [-0.2, -0.15) is 0 Å². The monoisotopic (exact) mass is 526 g/mol. The molecule has 9 aromatic rings. The van der Waals surface area contributed by atoms with Gasteiger partial charge in [0.25, 0.3) is 0 Å². The van der Waals surface area contributed by atoms with Crippen LogP contribution in [0, 0.1) is 0 Å². The Hall–Kier alpha value is -4.92. The molecule has 0 aliphatic heterocycles. The van der Waals surface area contributed by atoms with Gasteiger partial charge >= 0.3 is 0 Å². The van der Waals surface area contributed by atoms with Gasteiger partial charge in [0.1, 0.15) is 11.3 Å². The maximum atomic E-state index is 6.87. The zero-order valence-electron chi connectivity index (χ0n) is 21.5. The van der Waals surface area contributed by atoms with Gasteiger partial charge in [-0.3, -0.25) is 0 Å². The van der Waals surface area contributed by atoms with Crippen LogP contribution in [0.15, 0.2) is 138 Å². The average molecular weight is 527 g/mol. The maximum Gasteiger partial charge on any atom is 0.144 e. The minimum absolute atomic E-state index is 0.912. The molecular formula is C38H22OS. The summed E-state index contributed by atoms with van der Waals surface area (Å²) in [5.41, 5.74) is 4.65. The second-order valence-electron chi connectivity index (χ2n) is 10.4. The van der Waals surface area contributed by atoms with E-state index in [1.165, 1.54) is 63.6 Å². The smallest absolute Gasteiger partial charge is 0.144 e. The van der Waals surface area contributed by atoms with E-state index in [0.717, 1.165) is 22.3 Å². The normalized spacial score (nSPS) is 12.0. The molecule has 2 aromatic heterocycles. The lowest BCUT2D eigenvalue weighted by molar-refractivity contribution is 0.636. The Bertz CT molecular complexity index is 2380. The van der Waals surface area contributed by atoms with E-state index in [9.17, 15) is 0 Å². The number of thiophene rings is 1.